The topological polar surface area (TPSA) is 175 Å². The normalized spacial score (nSPS) is 24.2. The molecule has 14 heteroatoms. The van der Waals surface area contributed by atoms with Gasteiger partial charge in [0.1, 0.15) is 23.7 Å². The summed E-state index contributed by atoms with van der Waals surface area (Å²) in [5, 5.41) is 7.79. The minimum absolute atomic E-state index is 0.00405. The summed E-state index contributed by atoms with van der Waals surface area (Å²) in [6, 6.07) is 11.6. The molecule has 4 atom stereocenters. The molecule has 2 aromatic heterocycles. The van der Waals surface area contributed by atoms with Gasteiger partial charge in [0.05, 0.1) is 38.2 Å². The number of hydrogen-bond acceptors (Lipinski definition) is 8. The van der Waals surface area contributed by atoms with Crippen LogP contribution in [0.15, 0.2) is 48.8 Å². The van der Waals surface area contributed by atoms with Crippen molar-refractivity contribution in [3.05, 3.63) is 71.7 Å². The summed E-state index contributed by atoms with van der Waals surface area (Å²) in [4.78, 5) is 72.0. The smallest absolute Gasteiger partial charge is 0.407 e. The number of fused-ring (bicyclic) bond motifs is 1. The van der Waals surface area contributed by atoms with Gasteiger partial charge in [-0.1, -0.05) is 71.9 Å². The second-order valence-corrected chi connectivity index (χ2v) is 18.4. The fourth-order valence-electron chi connectivity index (χ4n) is 9.55. The Morgan fingerprint density at radius 3 is 1.77 bits per heavy atom. The molecule has 0 bridgehead atoms. The van der Waals surface area contributed by atoms with Gasteiger partial charge in [-0.3, -0.25) is 9.59 Å². The molecule has 60 heavy (non-hydrogen) atoms. The third-order valence-electron chi connectivity index (χ3n) is 13.6. The molecule has 1 aliphatic carbocycles. The summed E-state index contributed by atoms with van der Waals surface area (Å²) in [6.45, 7) is 13.6. The number of nitrogens with one attached hydrogen (secondary N) is 4. The van der Waals surface area contributed by atoms with E-state index in [0.717, 1.165) is 85.4 Å². The summed E-state index contributed by atoms with van der Waals surface area (Å²) in [5.41, 5.74) is 4.27. The van der Waals surface area contributed by atoms with Gasteiger partial charge in [-0.2, -0.15) is 0 Å². The number of benzene rings is 2. The number of alkyl carbamates (subject to hydrolysis) is 2. The van der Waals surface area contributed by atoms with Crippen LogP contribution >= 0.6 is 0 Å². The Kier molecular flexibility index (Phi) is 12.3. The van der Waals surface area contributed by atoms with Crippen molar-refractivity contribution in [2.45, 2.75) is 128 Å². The molecule has 4 amide bonds. The molecule has 7 rings (SSSR count). The van der Waals surface area contributed by atoms with Gasteiger partial charge in [-0.25, -0.2) is 19.6 Å². The lowest BCUT2D eigenvalue weighted by atomic mass is 9.61. The predicted octanol–water partition coefficient (Wildman–Crippen LogP) is 7.83. The molecule has 2 saturated heterocycles. The molecule has 4 aromatic rings. The highest BCUT2D eigenvalue weighted by Gasteiger charge is 2.43. The summed E-state index contributed by atoms with van der Waals surface area (Å²) < 4.78 is 9.59. The molecule has 3 fully saturated rings. The number of carbonyl (C=O) groups is 4. The molecule has 2 aliphatic heterocycles. The van der Waals surface area contributed by atoms with E-state index in [4.69, 9.17) is 19.4 Å². The number of H-pyrrole nitrogens is 2. The first-order valence-electron chi connectivity index (χ1n) is 21.6. The maximum Gasteiger partial charge on any atom is 0.407 e. The summed E-state index contributed by atoms with van der Waals surface area (Å²) >= 11 is 0. The Labute approximate surface area is 353 Å². The van der Waals surface area contributed by atoms with Gasteiger partial charge in [0.15, 0.2) is 0 Å². The number of rotatable bonds is 11. The Morgan fingerprint density at radius 1 is 0.700 bits per heavy atom. The first-order valence-corrected chi connectivity index (χ1v) is 21.6. The second-order valence-electron chi connectivity index (χ2n) is 18.4. The lowest BCUT2D eigenvalue weighted by Gasteiger charge is -2.43. The van der Waals surface area contributed by atoms with E-state index in [9.17, 15) is 19.2 Å². The maximum atomic E-state index is 13.7. The highest BCUT2D eigenvalue weighted by atomic mass is 16.5. The van der Waals surface area contributed by atoms with Crippen LogP contribution in [0.2, 0.25) is 0 Å². The number of hydrogen-bond donors (Lipinski definition) is 4. The van der Waals surface area contributed by atoms with Crippen LogP contribution in [0.4, 0.5) is 9.59 Å². The minimum atomic E-state index is -0.685. The van der Waals surface area contributed by atoms with E-state index in [1.807, 2.05) is 49.9 Å². The fraction of sp³-hybridized carbons (Fsp3) is 0.565. The molecule has 3 aliphatic rings. The van der Waals surface area contributed by atoms with Gasteiger partial charge in [0.25, 0.3) is 0 Å². The predicted molar refractivity (Wildman–Crippen MR) is 229 cm³/mol. The largest absolute Gasteiger partial charge is 0.453 e. The van der Waals surface area contributed by atoms with E-state index in [-0.39, 0.29) is 46.6 Å². The minimum Gasteiger partial charge on any atom is -0.453 e. The van der Waals surface area contributed by atoms with Gasteiger partial charge >= 0.3 is 12.2 Å². The first kappa shape index (κ1) is 42.7. The van der Waals surface area contributed by atoms with Crippen molar-refractivity contribution in [3.8, 4) is 11.3 Å². The lowest BCUT2D eigenvalue weighted by Crippen LogP contribution is -2.51. The molecule has 322 valence electrons. The van der Waals surface area contributed by atoms with Crippen molar-refractivity contribution in [1.29, 1.82) is 0 Å². The number of nitrogens with zero attached hydrogens (tertiary/aromatic N) is 4. The van der Waals surface area contributed by atoms with Crippen LogP contribution in [0, 0.1) is 11.8 Å². The van der Waals surface area contributed by atoms with Crippen molar-refractivity contribution in [2.24, 2.45) is 11.8 Å². The Hall–Kier alpha value is -5.40. The molecule has 4 heterocycles. The summed E-state index contributed by atoms with van der Waals surface area (Å²) in [7, 11) is 2.61. The Morgan fingerprint density at radius 2 is 1.22 bits per heavy atom. The number of imidazole rings is 2. The molecule has 1 saturated carbocycles. The molecule has 0 radical (unpaired) electrons. The molecular formula is C46H62N8O6. The highest BCUT2D eigenvalue weighted by Crippen LogP contribution is 2.48. The van der Waals surface area contributed by atoms with Gasteiger partial charge in [-0.15, -0.1) is 0 Å². The van der Waals surface area contributed by atoms with E-state index in [0.29, 0.717) is 13.1 Å². The van der Waals surface area contributed by atoms with Crippen LogP contribution < -0.4 is 10.6 Å². The molecular weight excluding hydrogens is 761 g/mol. The van der Waals surface area contributed by atoms with E-state index in [1.165, 1.54) is 25.2 Å². The van der Waals surface area contributed by atoms with Crippen molar-refractivity contribution >= 4 is 34.8 Å². The Bertz CT molecular complexity index is 2200. The molecule has 14 nitrogen and oxygen atoms in total. The van der Waals surface area contributed by atoms with E-state index < -0.39 is 24.3 Å². The average molecular weight is 823 g/mol. The number of ether oxygens (including phenoxy) is 2. The van der Waals surface area contributed by atoms with E-state index >= 15 is 0 Å². The van der Waals surface area contributed by atoms with Crippen LogP contribution in [0.3, 0.4) is 0 Å². The van der Waals surface area contributed by atoms with Gasteiger partial charge < -0.3 is 39.9 Å². The Balaban J connectivity index is 1.03. The first-order chi connectivity index (χ1) is 28.6. The van der Waals surface area contributed by atoms with Crippen LogP contribution in [-0.2, 0) is 29.9 Å². The lowest BCUT2D eigenvalue weighted by molar-refractivity contribution is -0.136. The van der Waals surface area contributed by atoms with Crippen molar-refractivity contribution in [2.75, 3.05) is 27.3 Å². The SMILES string of the molecule is COC(=O)N[C@H](C(=O)N1CCC[C@H]1c1ncc(-c2ccc3ccc(C4(C)CCC(C)(c5cnc([C@@H]6CCCN6C(=O)[C@@H](NC(=O)OC)C(C)C)[nH]5)CC4)cc3c2)[nH]1)C(C)C. The number of likely N-dealkylation sites (tertiary alicyclic amines) is 2. The van der Waals surface area contributed by atoms with Gasteiger partial charge in [0, 0.05) is 36.0 Å². The van der Waals surface area contributed by atoms with E-state index in [1.54, 1.807) is 0 Å². The molecule has 4 N–H and O–H groups in total. The molecule has 0 spiro atoms. The number of aromatic nitrogens is 4. The number of aromatic amines is 2. The van der Waals surface area contributed by atoms with E-state index in [2.05, 4.69) is 70.8 Å². The number of methoxy groups -OCH3 is 2. The monoisotopic (exact) mass is 822 g/mol. The van der Waals surface area contributed by atoms with Crippen LogP contribution in [0.25, 0.3) is 22.0 Å². The summed E-state index contributed by atoms with van der Waals surface area (Å²) in [5.74, 6) is 1.12. The number of amides is 4. The van der Waals surface area contributed by atoms with Gasteiger partial charge in [0.2, 0.25) is 11.8 Å². The standard InChI is InChI=1S/C46H62N8O6/c1-27(2)37(51-43(57)59-7)41(55)53-21-9-11-34(53)39-47-25-33(49-39)30-14-13-29-15-16-32(24-31(29)23-30)45(5)17-19-46(6,20-18-45)36-26-48-40(50-36)35-12-10-22-54(35)42(56)38(28(3)4)52-44(58)60-8/h13-16,23-28,34-35,37-38H,9-12,17-22H2,1-8H3,(H,47,49)(H,48,50)(H,51,57)(H,52,58)/t34-,35-,37-,38-,45?,46?/m0/s1. The van der Waals surface area contributed by atoms with Crippen molar-refractivity contribution in [3.63, 3.8) is 0 Å². The maximum absolute atomic E-state index is 13.7. The highest BCUT2D eigenvalue weighted by molar-refractivity contribution is 5.88. The molecule has 0 unspecified atom stereocenters. The van der Waals surface area contributed by atoms with Crippen LogP contribution in [-0.4, -0.2) is 93.1 Å². The third-order valence-corrected chi connectivity index (χ3v) is 13.6. The fourth-order valence-corrected chi connectivity index (χ4v) is 9.55. The third kappa shape index (κ3) is 8.47. The average Bonchev–Trinajstić information content (AvgIpc) is 4.09. The van der Waals surface area contributed by atoms with Crippen LogP contribution in [0.5, 0.6) is 0 Å². The second kappa shape index (κ2) is 17.3. The zero-order valence-corrected chi connectivity index (χ0v) is 36.4. The number of carbonyl (C=O) groups excluding carboxylic acids is 4. The summed E-state index contributed by atoms with van der Waals surface area (Å²) in [6.07, 6.45) is 9.94. The van der Waals surface area contributed by atoms with Crippen LogP contribution in [0.1, 0.15) is 128 Å². The molecule has 2 aromatic carbocycles. The zero-order chi connectivity index (χ0) is 42.9. The quantitative estimate of drug-likeness (QED) is 0.118. The zero-order valence-electron chi connectivity index (χ0n) is 36.4. The van der Waals surface area contributed by atoms with Gasteiger partial charge in [-0.05, 0) is 91.0 Å². The van der Waals surface area contributed by atoms with Crippen molar-refractivity contribution < 1.29 is 28.7 Å². The van der Waals surface area contributed by atoms with Crippen molar-refractivity contribution in [1.82, 2.24) is 40.4 Å².